The zero-order valence-corrected chi connectivity index (χ0v) is 8.93. The molecule has 0 spiro atoms. The Morgan fingerprint density at radius 2 is 2.00 bits per heavy atom. The standard InChI is InChI=1S/C11H12O5/c1-15-7-5-9(12)8(3-4-11(13)14)10(6-7)16-2/h3-6,12H,1-2H3,(H,13,14)/b4-3+. The van der Waals surface area contributed by atoms with Gasteiger partial charge in [0.1, 0.15) is 17.2 Å². The van der Waals surface area contributed by atoms with Gasteiger partial charge in [0.25, 0.3) is 0 Å². The zero-order valence-electron chi connectivity index (χ0n) is 8.93. The predicted octanol–water partition coefficient (Wildman–Crippen LogP) is 1.51. The van der Waals surface area contributed by atoms with E-state index in [2.05, 4.69) is 0 Å². The Labute approximate surface area is 92.5 Å². The minimum atomic E-state index is -1.10. The number of benzene rings is 1. The van der Waals surface area contributed by atoms with E-state index >= 15 is 0 Å². The highest BCUT2D eigenvalue weighted by atomic mass is 16.5. The summed E-state index contributed by atoms with van der Waals surface area (Å²) in [6, 6.07) is 2.94. The molecule has 0 saturated heterocycles. The van der Waals surface area contributed by atoms with Crippen LogP contribution in [0, 0.1) is 0 Å². The highest BCUT2D eigenvalue weighted by Crippen LogP contribution is 2.34. The van der Waals surface area contributed by atoms with Gasteiger partial charge in [-0.1, -0.05) is 0 Å². The number of hydrogen-bond donors (Lipinski definition) is 2. The van der Waals surface area contributed by atoms with Crippen LogP contribution in [0.1, 0.15) is 5.56 Å². The number of aliphatic carboxylic acids is 1. The lowest BCUT2D eigenvalue weighted by molar-refractivity contribution is -0.131. The molecule has 0 unspecified atom stereocenters. The summed E-state index contributed by atoms with van der Waals surface area (Å²) in [5.41, 5.74) is 0.297. The molecule has 0 amide bonds. The van der Waals surface area contributed by atoms with Gasteiger partial charge in [0.15, 0.2) is 0 Å². The summed E-state index contributed by atoms with van der Waals surface area (Å²) < 4.78 is 9.95. The molecule has 5 heteroatoms. The summed E-state index contributed by atoms with van der Waals surface area (Å²) in [6.45, 7) is 0. The number of carboxylic acids is 1. The minimum absolute atomic E-state index is 0.103. The van der Waals surface area contributed by atoms with Crippen LogP contribution >= 0.6 is 0 Å². The van der Waals surface area contributed by atoms with Gasteiger partial charge in [0.05, 0.1) is 19.8 Å². The first kappa shape index (κ1) is 11.9. The quantitative estimate of drug-likeness (QED) is 0.758. The number of phenols is 1. The maximum atomic E-state index is 10.4. The van der Waals surface area contributed by atoms with Crippen molar-refractivity contribution in [3.05, 3.63) is 23.8 Å². The van der Waals surface area contributed by atoms with Crippen molar-refractivity contribution in [2.75, 3.05) is 14.2 Å². The van der Waals surface area contributed by atoms with E-state index in [4.69, 9.17) is 14.6 Å². The van der Waals surface area contributed by atoms with Gasteiger partial charge in [-0.15, -0.1) is 0 Å². The second-order valence-corrected chi connectivity index (χ2v) is 2.93. The van der Waals surface area contributed by atoms with E-state index in [1.807, 2.05) is 0 Å². The molecule has 0 fully saturated rings. The van der Waals surface area contributed by atoms with Crippen molar-refractivity contribution in [1.29, 1.82) is 0 Å². The molecule has 0 bridgehead atoms. The van der Waals surface area contributed by atoms with Crippen molar-refractivity contribution < 1.29 is 24.5 Å². The Morgan fingerprint density at radius 1 is 1.31 bits per heavy atom. The molecule has 1 rings (SSSR count). The zero-order chi connectivity index (χ0) is 12.1. The predicted molar refractivity (Wildman–Crippen MR) is 57.9 cm³/mol. The van der Waals surface area contributed by atoms with E-state index in [0.717, 1.165) is 6.08 Å². The van der Waals surface area contributed by atoms with Crippen LogP contribution in [0.3, 0.4) is 0 Å². The second kappa shape index (κ2) is 5.06. The Balaban J connectivity index is 3.21. The van der Waals surface area contributed by atoms with Gasteiger partial charge < -0.3 is 19.7 Å². The lowest BCUT2D eigenvalue weighted by Gasteiger charge is -2.09. The average Bonchev–Trinajstić information content (AvgIpc) is 2.26. The smallest absolute Gasteiger partial charge is 0.328 e. The largest absolute Gasteiger partial charge is 0.507 e. The molecular weight excluding hydrogens is 212 g/mol. The Kier molecular flexibility index (Phi) is 3.77. The fraction of sp³-hybridized carbons (Fsp3) is 0.182. The number of methoxy groups -OCH3 is 2. The van der Waals surface area contributed by atoms with Gasteiger partial charge in [0, 0.05) is 18.2 Å². The Bertz CT molecular complexity index is 423. The van der Waals surface area contributed by atoms with Crippen molar-refractivity contribution >= 4 is 12.0 Å². The average molecular weight is 224 g/mol. The van der Waals surface area contributed by atoms with E-state index in [0.29, 0.717) is 17.1 Å². The molecule has 1 aromatic rings. The molecule has 0 atom stereocenters. The Morgan fingerprint density at radius 3 is 2.50 bits per heavy atom. The summed E-state index contributed by atoms with van der Waals surface area (Å²) in [5.74, 6) is -0.429. The van der Waals surface area contributed by atoms with Gasteiger partial charge in [-0.05, 0) is 6.08 Å². The van der Waals surface area contributed by atoms with Gasteiger partial charge in [0.2, 0.25) is 0 Å². The summed E-state index contributed by atoms with van der Waals surface area (Å²) in [6.07, 6.45) is 2.18. The van der Waals surface area contributed by atoms with Crippen LogP contribution in [-0.2, 0) is 4.79 Å². The number of carbonyl (C=O) groups is 1. The molecule has 2 N–H and O–H groups in total. The van der Waals surface area contributed by atoms with Crippen molar-refractivity contribution in [3.8, 4) is 17.2 Å². The van der Waals surface area contributed by atoms with Crippen LogP contribution in [-0.4, -0.2) is 30.4 Å². The van der Waals surface area contributed by atoms with Gasteiger partial charge in [-0.25, -0.2) is 4.79 Å². The molecular formula is C11H12O5. The topological polar surface area (TPSA) is 76.0 Å². The van der Waals surface area contributed by atoms with Crippen molar-refractivity contribution in [2.24, 2.45) is 0 Å². The first-order valence-corrected chi connectivity index (χ1v) is 4.44. The summed E-state index contributed by atoms with van der Waals surface area (Å²) in [5, 5.41) is 18.1. The van der Waals surface area contributed by atoms with Crippen LogP contribution in [0.2, 0.25) is 0 Å². The number of carboxylic acid groups (broad SMARTS) is 1. The molecule has 0 aliphatic rings. The molecule has 0 saturated carbocycles. The third kappa shape index (κ3) is 2.66. The van der Waals surface area contributed by atoms with E-state index in [-0.39, 0.29) is 5.75 Å². The first-order valence-electron chi connectivity index (χ1n) is 4.44. The molecule has 0 radical (unpaired) electrons. The summed E-state index contributed by atoms with van der Waals surface area (Å²) in [4.78, 5) is 10.4. The minimum Gasteiger partial charge on any atom is -0.507 e. The molecule has 0 aromatic heterocycles. The van der Waals surface area contributed by atoms with E-state index in [1.54, 1.807) is 6.07 Å². The number of phenolic OH excluding ortho intramolecular Hbond substituents is 1. The number of aromatic hydroxyl groups is 1. The van der Waals surface area contributed by atoms with Crippen LogP contribution in [0.15, 0.2) is 18.2 Å². The highest BCUT2D eigenvalue weighted by molar-refractivity contribution is 5.86. The van der Waals surface area contributed by atoms with Gasteiger partial charge in [-0.2, -0.15) is 0 Å². The van der Waals surface area contributed by atoms with Gasteiger partial charge >= 0.3 is 5.97 Å². The summed E-state index contributed by atoms with van der Waals surface area (Å²) >= 11 is 0. The van der Waals surface area contributed by atoms with Gasteiger partial charge in [-0.3, -0.25) is 0 Å². The first-order chi connectivity index (χ1) is 7.58. The normalized spacial score (nSPS) is 10.4. The maximum absolute atomic E-state index is 10.4. The molecule has 1 aromatic carbocycles. The van der Waals surface area contributed by atoms with Crippen molar-refractivity contribution in [1.82, 2.24) is 0 Å². The van der Waals surface area contributed by atoms with Crippen LogP contribution in [0.5, 0.6) is 17.2 Å². The Hall–Kier alpha value is -2.17. The number of ether oxygens (including phenoxy) is 2. The van der Waals surface area contributed by atoms with Crippen LogP contribution in [0.4, 0.5) is 0 Å². The van der Waals surface area contributed by atoms with Crippen LogP contribution in [0.25, 0.3) is 6.08 Å². The second-order valence-electron chi connectivity index (χ2n) is 2.93. The molecule has 5 nitrogen and oxygen atoms in total. The van der Waals surface area contributed by atoms with E-state index in [9.17, 15) is 9.90 Å². The molecule has 0 heterocycles. The lowest BCUT2D eigenvalue weighted by Crippen LogP contribution is -1.92. The fourth-order valence-corrected chi connectivity index (χ4v) is 1.20. The number of rotatable bonds is 4. The lowest BCUT2D eigenvalue weighted by atomic mass is 10.1. The SMILES string of the molecule is COc1cc(O)c(/C=C/C(=O)O)c(OC)c1. The molecule has 16 heavy (non-hydrogen) atoms. The van der Waals surface area contributed by atoms with E-state index in [1.165, 1.54) is 26.4 Å². The third-order valence-corrected chi connectivity index (χ3v) is 1.94. The van der Waals surface area contributed by atoms with Crippen molar-refractivity contribution in [3.63, 3.8) is 0 Å². The molecule has 0 aliphatic heterocycles. The number of hydrogen-bond acceptors (Lipinski definition) is 4. The fourth-order valence-electron chi connectivity index (χ4n) is 1.20. The molecule has 0 aliphatic carbocycles. The molecule has 86 valence electrons. The monoisotopic (exact) mass is 224 g/mol. The summed E-state index contributed by atoms with van der Waals surface area (Å²) in [7, 11) is 2.88. The third-order valence-electron chi connectivity index (χ3n) is 1.94. The highest BCUT2D eigenvalue weighted by Gasteiger charge is 2.09. The van der Waals surface area contributed by atoms with Crippen LogP contribution < -0.4 is 9.47 Å². The van der Waals surface area contributed by atoms with Crippen molar-refractivity contribution in [2.45, 2.75) is 0 Å². The maximum Gasteiger partial charge on any atom is 0.328 e. The van der Waals surface area contributed by atoms with E-state index < -0.39 is 5.97 Å².